The predicted octanol–water partition coefficient (Wildman–Crippen LogP) is 3.99. The molecule has 0 heterocycles. The molecule has 2 aromatic rings. The lowest BCUT2D eigenvalue weighted by molar-refractivity contribution is -0.119. The van der Waals surface area contributed by atoms with E-state index in [1.807, 2.05) is 0 Å². The Morgan fingerprint density at radius 3 is 2.59 bits per heavy atom. The second-order valence-electron chi connectivity index (χ2n) is 5.53. The first-order valence-electron chi connectivity index (χ1n) is 8.09. The molecule has 1 amide bonds. The number of nitrogens with one attached hydrogen (secondary N) is 1. The third-order valence-electron chi connectivity index (χ3n) is 3.49. The number of benzene rings is 2. The molecule has 0 aliphatic rings. The van der Waals surface area contributed by atoms with Crippen LogP contribution in [0.15, 0.2) is 30.3 Å². The summed E-state index contributed by atoms with van der Waals surface area (Å²) in [5.41, 5.74) is 0.820. The minimum atomic E-state index is -0.780. The number of anilines is 1. The van der Waals surface area contributed by atoms with Gasteiger partial charge in [0.2, 0.25) is 0 Å². The van der Waals surface area contributed by atoms with Gasteiger partial charge in [0, 0.05) is 0 Å². The quantitative estimate of drug-likeness (QED) is 0.717. The van der Waals surface area contributed by atoms with Gasteiger partial charge in [0.25, 0.3) is 5.91 Å². The molecule has 0 saturated heterocycles. The standard InChI is InChI=1S/C19H19ClFNO5/c1-4-26-18-13(20)8-12(9-16(18)25-3)19(24)27-10-17(23)22-15-6-5-11(2)7-14(15)21/h5-9H,4,10H2,1-3H3,(H,22,23). The van der Waals surface area contributed by atoms with Crippen LogP contribution in [0.4, 0.5) is 10.1 Å². The second kappa shape index (κ2) is 9.23. The van der Waals surface area contributed by atoms with E-state index < -0.39 is 24.3 Å². The number of methoxy groups -OCH3 is 1. The van der Waals surface area contributed by atoms with Crippen molar-refractivity contribution in [1.82, 2.24) is 0 Å². The van der Waals surface area contributed by atoms with Crippen molar-refractivity contribution in [2.24, 2.45) is 0 Å². The molecular weight excluding hydrogens is 377 g/mol. The molecule has 0 atom stereocenters. The molecule has 0 bridgehead atoms. The topological polar surface area (TPSA) is 73.9 Å². The average molecular weight is 396 g/mol. The number of ether oxygens (including phenoxy) is 3. The highest BCUT2D eigenvalue weighted by molar-refractivity contribution is 6.32. The number of aryl methyl sites for hydroxylation is 1. The number of amides is 1. The first-order valence-corrected chi connectivity index (χ1v) is 8.47. The minimum Gasteiger partial charge on any atom is -0.493 e. The zero-order chi connectivity index (χ0) is 20.0. The molecule has 0 aliphatic heterocycles. The summed E-state index contributed by atoms with van der Waals surface area (Å²) < 4.78 is 29.2. The Balaban J connectivity index is 2.02. The monoisotopic (exact) mass is 395 g/mol. The molecule has 0 spiro atoms. The summed E-state index contributed by atoms with van der Waals surface area (Å²) >= 11 is 6.10. The third-order valence-corrected chi connectivity index (χ3v) is 3.77. The molecule has 0 aliphatic carbocycles. The number of halogens is 2. The van der Waals surface area contributed by atoms with Gasteiger partial charge >= 0.3 is 5.97 Å². The summed E-state index contributed by atoms with van der Waals surface area (Å²) in [5.74, 6) is -1.45. The molecule has 27 heavy (non-hydrogen) atoms. The molecule has 0 saturated carbocycles. The van der Waals surface area contributed by atoms with Gasteiger partial charge in [0.05, 0.1) is 30.0 Å². The zero-order valence-electron chi connectivity index (χ0n) is 15.1. The molecular formula is C19H19ClFNO5. The van der Waals surface area contributed by atoms with Gasteiger partial charge in [-0.2, -0.15) is 0 Å². The van der Waals surface area contributed by atoms with Crippen LogP contribution in [-0.2, 0) is 9.53 Å². The van der Waals surface area contributed by atoms with Crippen molar-refractivity contribution in [2.45, 2.75) is 13.8 Å². The van der Waals surface area contributed by atoms with Crippen molar-refractivity contribution in [3.8, 4) is 11.5 Å². The first-order chi connectivity index (χ1) is 12.8. The number of rotatable bonds is 7. The van der Waals surface area contributed by atoms with Crippen molar-refractivity contribution in [1.29, 1.82) is 0 Å². The maximum Gasteiger partial charge on any atom is 0.338 e. The Labute approximate surface area is 161 Å². The largest absolute Gasteiger partial charge is 0.493 e. The van der Waals surface area contributed by atoms with E-state index in [4.69, 9.17) is 25.8 Å². The number of carbonyl (C=O) groups is 2. The average Bonchev–Trinajstić information content (AvgIpc) is 2.63. The van der Waals surface area contributed by atoms with Crippen molar-refractivity contribution < 1.29 is 28.2 Å². The van der Waals surface area contributed by atoms with Gasteiger partial charge < -0.3 is 19.5 Å². The predicted molar refractivity (Wildman–Crippen MR) is 99.2 cm³/mol. The lowest BCUT2D eigenvalue weighted by Crippen LogP contribution is -2.21. The maximum atomic E-state index is 13.7. The molecule has 2 rings (SSSR count). The van der Waals surface area contributed by atoms with Gasteiger partial charge in [-0.15, -0.1) is 0 Å². The fourth-order valence-corrected chi connectivity index (χ4v) is 2.51. The molecule has 0 radical (unpaired) electrons. The summed E-state index contributed by atoms with van der Waals surface area (Å²) in [6.45, 7) is 3.30. The maximum absolute atomic E-state index is 13.7. The highest BCUT2D eigenvalue weighted by Gasteiger charge is 2.18. The van der Waals surface area contributed by atoms with Crippen molar-refractivity contribution in [3.63, 3.8) is 0 Å². The molecule has 0 unspecified atom stereocenters. The Kier molecular flexibility index (Phi) is 7.01. The van der Waals surface area contributed by atoms with Gasteiger partial charge in [-0.3, -0.25) is 4.79 Å². The van der Waals surface area contributed by atoms with E-state index in [1.165, 1.54) is 31.4 Å². The van der Waals surface area contributed by atoms with Crippen molar-refractivity contribution >= 4 is 29.2 Å². The van der Waals surface area contributed by atoms with Gasteiger partial charge in [-0.25, -0.2) is 9.18 Å². The molecule has 2 aromatic carbocycles. The van der Waals surface area contributed by atoms with Crippen LogP contribution in [0.25, 0.3) is 0 Å². The Morgan fingerprint density at radius 2 is 1.96 bits per heavy atom. The van der Waals surface area contributed by atoms with Crippen LogP contribution in [0, 0.1) is 12.7 Å². The summed E-state index contributed by atoms with van der Waals surface area (Å²) in [6.07, 6.45) is 0. The minimum absolute atomic E-state index is 0.00688. The molecule has 6 nitrogen and oxygen atoms in total. The SMILES string of the molecule is CCOc1c(Cl)cc(C(=O)OCC(=O)Nc2ccc(C)cc2F)cc1OC. The highest BCUT2D eigenvalue weighted by Crippen LogP contribution is 2.36. The highest BCUT2D eigenvalue weighted by atomic mass is 35.5. The van der Waals surface area contributed by atoms with E-state index in [0.29, 0.717) is 12.4 Å². The van der Waals surface area contributed by atoms with Crippen LogP contribution in [0.3, 0.4) is 0 Å². The van der Waals surface area contributed by atoms with Crippen LogP contribution in [-0.4, -0.2) is 32.2 Å². The molecule has 0 fully saturated rings. The number of hydrogen-bond donors (Lipinski definition) is 1. The van der Waals surface area contributed by atoms with Crippen LogP contribution in [0.2, 0.25) is 5.02 Å². The van der Waals surface area contributed by atoms with Crippen LogP contribution in [0.1, 0.15) is 22.8 Å². The van der Waals surface area contributed by atoms with Crippen LogP contribution in [0.5, 0.6) is 11.5 Å². The summed E-state index contributed by atoms with van der Waals surface area (Å²) in [7, 11) is 1.41. The van der Waals surface area contributed by atoms with E-state index in [0.717, 1.165) is 5.56 Å². The van der Waals surface area contributed by atoms with Gasteiger partial charge in [-0.1, -0.05) is 17.7 Å². The Bertz CT molecular complexity index is 856. The smallest absolute Gasteiger partial charge is 0.338 e. The van der Waals surface area contributed by atoms with Crippen LogP contribution >= 0.6 is 11.6 Å². The van der Waals surface area contributed by atoms with Gasteiger partial charge in [-0.05, 0) is 43.7 Å². The number of hydrogen-bond acceptors (Lipinski definition) is 5. The molecule has 144 valence electrons. The van der Waals surface area contributed by atoms with E-state index >= 15 is 0 Å². The lowest BCUT2D eigenvalue weighted by atomic mass is 10.2. The molecule has 0 aromatic heterocycles. The van der Waals surface area contributed by atoms with E-state index in [1.54, 1.807) is 19.9 Å². The number of esters is 1. The van der Waals surface area contributed by atoms with E-state index in [9.17, 15) is 14.0 Å². The van der Waals surface area contributed by atoms with Crippen molar-refractivity contribution in [2.75, 3.05) is 25.6 Å². The fraction of sp³-hybridized carbons (Fsp3) is 0.263. The normalized spacial score (nSPS) is 10.3. The van der Waals surface area contributed by atoms with Gasteiger partial charge in [0.15, 0.2) is 18.1 Å². The lowest BCUT2D eigenvalue weighted by Gasteiger charge is -2.13. The molecule has 1 N–H and O–H groups in total. The summed E-state index contributed by atoms with van der Waals surface area (Å²) in [4.78, 5) is 24.1. The summed E-state index contributed by atoms with van der Waals surface area (Å²) in [6, 6.07) is 7.13. The third kappa shape index (κ3) is 5.34. The second-order valence-corrected chi connectivity index (χ2v) is 5.94. The Morgan fingerprint density at radius 1 is 1.22 bits per heavy atom. The molecule has 8 heteroatoms. The Hall–Kier alpha value is -2.80. The summed E-state index contributed by atoms with van der Waals surface area (Å²) in [5, 5.41) is 2.52. The van der Waals surface area contributed by atoms with E-state index in [-0.39, 0.29) is 22.0 Å². The van der Waals surface area contributed by atoms with E-state index in [2.05, 4.69) is 5.32 Å². The van der Waals surface area contributed by atoms with Gasteiger partial charge in [0.1, 0.15) is 5.82 Å². The van der Waals surface area contributed by atoms with Crippen LogP contribution < -0.4 is 14.8 Å². The number of carbonyl (C=O) groups excluding carboxylic acids is 2. The first kappa shape index (κ1) is 20.5. The van der Waals surface area contributed by atoms with Crippen molar-refractivity contribution in [3.05, 3.63) is 52.3 Å². The fourth-order valence-electron chi connectivity index (χ4n) is 2.24. The zero-order valence-corrected chi connectivity index (χ0v) is 15.9.